The minimum Gasteiger partial charge on any atom is -0.465 e. The second kappa shape index (κ2) is 9.13. The number of ether oxygens (including phenoxy) is 4. The Hall–Kier alpha value is -2.78. The second-order valence-corrected chi connectivity index (χ2v) is 13.1. The molecular formula is C29H38O10. The largest absolute Gasteiger partial charge is 0.465 e. The van der Waals surface area contributed by atoms with Gasteiger partial charge in [0.2, 0.25) is 0 Å². The Morgan fingerprint density at radius 3 is 2.18 bits per heavy atom. The Labute approximate surface area is 227 Å². The third-order valence-electron chi connectivity index (χ3n) is 10.9. The molecule has 0 spiro atoms. The topological polar surface area (TPSA) is 139 Å². The highest BCUT2D eigenvalue weighted by atomic mass is 16.6. The lowest BCUT2D eigenvalue weighted by molar-refractivity contribution is -0.277. The van der Waals surface area contributed by atoms with Crippen LogP contribution in [0.3, 0.4) is 0 Å². The molecule has 0 radical (unpaired) electrons. The van der Waals surface area contributed by atoms with Gasteiger partial charge in [0.15, 0.2) is 11.9 Å². The zero-order chi connectivity index (χ0) is 28.7. The van der Waals surface area contributed by atoms with Crippen LogP contribution in [0.5, 0.6) is 0 Å². The molecule has 2 heterocycles. The van der Waals surface area contributed by atoms with Crippen molar-refractivity contribution in [1.29, 1.82) is 0 Å². The van der Waals surface area contributed by atoms with E-state index in [1.54, 1.807) is 6.92 Å². The molecule has 0 unspecified atom stereocenters. The molecule has 11 atom stereocenters. The van der Waals surface area contributed by atoms with Gasteiger partial charge < -0.3 is 18.9 Å². The van der Waals surface area contributed by atoms with Gasteiger partial charge >= 0.3 is 23.9 Å². The van der Waals surface area contributed by atoms with E-state index in [2.05, 4.69) is 0 Å². The first-order valence-electron chi connectivity index (χ1n) is 13.9. The van der Waals surface area contributed by atoms with Gasteiger partial charge in [-0.15, -0.1) is 0 Å². The van der Waals surface area contributed by atoms with Gasteiger partial charge in [0.1, 0.15) is 24.6 Å². The normalized spacial score (nSPS) is 46.8. The molecule has 0 N–H and O–H groups in total. The number of hydrogen-bond acceptors (Lipinski definition) is 10. The molecule has 10 heteroatoms. The first-order valence-corrected chi connectivity index (χ1v) is 13.9. The third kappa shape index (κ3) is 3.95. The van der Waals surface area contributed by atoms with Gasteiger partial charge in [-0.05, 0) is 37.0 Å². The number of cyclic esters (lactones) is 1. The van der Waals surface area contributed by atoms with Crippen LogP contribution in [0.15, 0.2) is 0 Å². The lowest BCUT2D eigenvalue weighted by atomic mass is 9.35. The summed E-state index contributed by atoms with van der Waals surface area (Å²) in [5.41, 5.74) is -3.11. The molecule has 2 saturated heterocycles. The molecule has 10 nitrogen and oxygen atoms in total. The van der Waals surface area contributed by atoms with Gasteiger partial charge in [-0.2, -0.15) is 0 Å². The maximum absolute atomic E-state index is 14.3. The quantitative estimate of drug-likeness (QED) is 0.382. The van der Waals surface area contributed by atoms with Crippen molar-refractivity contribution < 1.29 is 47.7 Å². The molecule has 3 aliphatic carbocycles. The van der Waals surface area contributed by atoms with E-state index in [-0.39, 0.29) is 49.3 Å². The first kappa shape index (κ1) is 27.8. The minimum absolute atomic E-state index is 0.0217. The van der Waals surface area contributed by atoms with Crippen molar-refractivity contribution >= 4 is 35.4 Å². The third-order valence-corrected chi connectivity index (χ3v) is 10.9. The fourth-order valence-corrected chi connectivity index (χ4v) is 9.55. The fraction of sp³-hybridized carbons (Fsp3) is 0.793. The molecule has 0 amide bonds. The van der Waals surface area contributed by atoms with Crippen molar-refractivity contribution in [3.8, 4) is 0 Å². The highest BCUT2D eigenvalue weighted by molar-refractivity contribution is 5.94. The summed E-state index contributed by atoms with van der Waals surface area (Å²) in [7, 11) is 0. The molecule has 5 fully saturated rings. The number of carbonyl (C=O) groups is 6. The number of hydrogen-bond donors (Lipinski definition) is 0. The second-order valence-electron chi connectivity index (χ2n) is 13.1. The van der Waals surface area contributed by atoms with E-state index in [0.717, 1.165) is 0 Å². The highest BCUT2D eigenvalue weighted by Crippen LogP contribution is 2.71. The monoisotopic (exact) mass is 546 g/mol. The van der Waals surface area contributed by atoms with Crippen LogP contribution in [0.1, 0.15) is 73.6 Å². The molecular weight excluding hydrogens is 508 g/mol. The maximum Gasteiger partial charge on any atom is 0.306 e. The summed E-state index contributed by atoms with van der Waals surface area (Å²) in [6, 6.07) is 0. The summed E-state index contributed by atoms with van der Waals surface area (Å²) in [6.07, 6.45) is -1.56. The Morgan fingerprint density at radius 2 is 1.59 bits per heavy atom. The Bertz CT molecular complexity index is 1140. The number of Topliss-reactive ketones (excluding diaryl/α,β-unsaturated/α-hetero) is 2. The van der Waals surface area contributed by atoms with E-state index >= 15 is 0 Å². The number of esters is 4. The molecule has 0 aromatic carbocycles. The number of carbonyl (C=O) groups excluding carboxylic acids is 6. The van der Waals surface area contributed by atoms with Gasteiger partial charge in [0, 0.05) is 42.4 Å². The van der Waals surface area contributed by atoms with Crippen molar-refractivity contribution in [3.05, 3.63) is 0 Å². The molecule has 3 saturated carbocycles. The lowest BCUT2D eigenvalue weighted by Crippen LogP contribution is -2.75. The van der Waals surface area contributed by atoms with Crippen molar-refractivity contribution in [1.82, 2.24) is 0 Å². The summed E-state index contributed by atoms with van der Waals surface area (Å²) in [5.74, 6) is -4.38. The summed E-state index contributed by atoms with van der Waals surface area (Å²) in [5, 5.41) is 0. The molecule has 5 aliphatic rings. The highest BCUT2D eigenvalue weighted by Gasteiger charge is 2.76. The van der Waals surface area contributed by atoms with Crippen LogP contribution in [0.25, 0.3) is 0 Å². The van der Waals surface area contributed by atoms with Crippen LogP contribution in [-0.4, -0.2) is 60.4 Å². The molecule has 2 aliphatic heterocycles. The molecule has 0 bridgehead atoms. The van der Waals surface area contributed by atoms with Crippen molar-refractivity contribution in [2.24, 2.45) is 45.8 Å². The number of ketones is 2. The molecule has 0 aromatic rings. The average Bonchev–Trinajstić information content (AvgIpc) is 3.26. The van der Waals surface area contributed by atoms with Crippen LogP contribution in [0, 0.1) is 45.8 Å². The number of rotatable bonds is 4. The van der Waals surface area contributed by atoms with E-state index in [4.69, 9.17) is 18.9 Å². The average molecular weight is 547 g/mol. The predicted molar refractivity (Wildman–Crippen MR) is 132 cm³/mol. The van der Waals surface area contributed by atoms with E-state index in [9.17, 15) is 28.8 Å². The zero-order valence-corrected chi connectivity index (χ0v) is 23.4. The smallest absolute Gasteiger partial charge is 0.306 e. The predicted octanol–water partition coefficient (Wildman–Crippen LogP) is 2.58. The van der Waals surface area contributed by atoms with Crippen LogP contribution < -0.4 is 0 Å². The first-order chi connectivity index (χ1) is 18.1. The Kier molecular flexibility index (Phi) is 6.50. The Balaban J connectivity index is 1.67. The van der Waals surface area contributed by atoms with Gasteiger partial charge in [-0.3, -0.25) is 28.8 Å². The van der Waals surface area contributed by atoms with Crippen LogP contribution in [-0.2, 0) is 47.7 Å². The summed E-state index contributed by atoms with van der Waals surface area (Å²) >= 11 is 0. The van der Waals surface area contributed by atoms with Crippen molar-refractivity contribution in [2.75, 3.05) is 6.61 Å². The van der Waals surface area contributed by atoms with E-state index in [0.29, 0.717) is 12.8 Å². The molecule has 39 heavy (non-hydrogen) atoms. The minimum atomic E-state index is -1.14. The van der Waals surface area contributed by atoms with Crippen LogP contribution in [0.2, 0.25) is 0 Å². The lowest BCUT2D eigenvalue weighted by Gasteiger charge is -2.70. The van der Waals surface area contributed by atoms with Gasteiger partial charge in [-0.1, -0.05) is 27.7 Å². The van der Waals surface area contributed by atoms with Crippen LogP contribution >= 0.6 is 0 Å². The SMILES string of the molecule is CC(=O)O[C@H]1C[C@@H](C)[C@H]2C[C@H]3OC(=O)C[C@H]4[C@]3(C)[C@H]([C@H](OC(C)=O)C[C@@]4(C)C(=O)[C@H]3COC(=O)C3)[C@@]2(C)C1=O. The maximum atomic E-state index is 14.3. The van der Waals surface area contributed by atoms with Gasteiger partial charge in [0.25, 0.3) is 0 Å². The van der Waals surface area contributed by atoms with E-state index < -0.39 is 76.2 Å². The molecule has 214 valence electrons. The zero-order valence-electron chi connectivity index (χ0n) is 23.4. The van der Waals surface area contributed by atoms with E-state index in [1.807, 2.05) is 20.8 Å². The summed E-state index contributed by atoms with van der Waals surface area (Å²) < 4.78 is 22.6. The summed E-state index contributed by atoms with van der Waals surface area (Å²) in [6.45, 7) is 10.2. The van der Waals surface area contributed by atoms with Gasteiger partial charge in [-0.25, -0.2) is 0 Å². The van der Waals surface area contributed by atoms with E-state index in [1.165, 1.54) is 13.8 Å². The molecule has 5 rings (SSSR count). The fourth-order valence-electron chi connectivity index (χ4n) is 9.55. The molecule has 0 aromatic heterocycles. The standard InChI is InChI=1S/C29H38O10/c1-13-7-18(37-14(2)30)26(35)28(5)17(13)9-21-29(6)20(10-23(33)39-21)27(4,11-19(24(28)29)38-15(3)31)25(34)16-8-22(32)36-12-16/h13,16-21,24H,7-12H2,1-6H3/t13-,16-,17-,18+,19-,20-,21-,24-,27-,28+,29+/m1/s1. The van der Waals surface area contributed by atoms with Crippen molar-refractivity contribution in [3.63, 3.8) is 0 Å². The van der Waals surface area contributed by atoms with Crippen LogP contribution in [0.4, 0.5) is 0 Å². The number of fused-ring (bicyclic) bond motifs is 2. The Morgan fingerprint density at radius 1 is 0.923 bits per heavy atom. The van der Waals surface area contributed by atoms with Crippen molar-refractivity contribution in [2.45, 2.75) is 92.0 Å². The van der Waals surface area contributed by atoms with Gasteiger partial charge in [0.05, 0.1) is 12.3 Å². The summed E-state index contributed by atoms with van der Waals surface area (Å²) in [4.78, 5) is 77.7.